The molecule has 0 saturated heterocycles. The second-order valence-electron chi connectivity index (χ2n) is 6.37. The minimum Gasteiger partial charge on any atom is -0.460 e. The summed E-state index contributed by atoms with van der Waals surface area (Å²) < 4.78 is 5.24. The van der Waals surface area contributed by atoms with Crippen LogP contribution in [-0.2, 0) is 9.53 Å². The van der Waals surface area contributed by atoms with Gasteiger partial charge in [-0.2, -0.15) is 0 Å². The van der Waals surface area contributed by atoms with E-state index < -0.39 is 13.7 Å². The normalized spacial score (nSPS) is 14.7. The summed E-state index contributed by atoms with van der Waals surface area (Å²) >= 11 is 0. The van der Waals surface area contributed by atoms with Gasteiger partial charge < -0.3 is 9.84 Å². The Kier molecular flexibility index (Phi) is 5.69. The van der Waals surface area contributed by atoms with Gasteiger partial charge in [-0.1, -0.05) is 19.6 Å². The van der Waals surface area contributed by atoms with Crippen LogP contribution in [0.1, 0.15) is 33.6 Å². The molecule has 0 saturated carbocycles. The van der Waals surface area contributed by atoms with Crippen molar-refractivity contribution in [3.05, 3.63) is 0 Å². The summed E-state index contributed by atoms with van der Waals surface area (Å²) in [5.74, 6) is -0.163. The smallest absolute Gasteiger partial charge is 0.306 e. The van der Waals surface area contributed by atoms with Crippen LogP contribution >= 0.6 is 0 Å². The highest BCUT2D eigenvalue weighted by atomic mass is 28.3. The molecule has 0 aromatic heterocycles. The van der Waals surface area contributed by atoms with E-state index in [1.165, 1.54) is 0 Å². The molecule has 0 aliphatic rings. The SMILES string of the molecule is CC(C)(C)OC(=O)CCC(CO)[Si](C)(C)C. The highest BCUT2D eigenvalue weighted by Gasteiger charge is 2.27. The van der Waals surface area contributed by atoms with E-state index in [9.17, 15) is 9.90 Å². The van der Waals surface area contributed by atoms with E-state index in [1.807, 2.05) is 20.8 Å². The maximum absolute atomic E-state index is 11.5. The predicted molar refractivity (Wildman–Crippen MR) is 69.3 cm³/mol. The van der Waals surface area contributed by atoms with E-state index in [4.69, 9.17) is 4.74 Å². The quantitative estimate of drug-likeness (QED) is 0.599. The minimum absolute atomic E-state index is 0.163. The average molecular weight is 246 g/mol. The molecular weight excluding hydrogens is 220 g/mol. The lowest BCUT2D eigenvalue weighted by molar-refractivity contribution is -0.154. The Balaban J connectivity index is 4.09. The Bertz CT molecular complexity index is 225. The van der Waals surface area contributed by atoms with Crippen LogP contribution in [0.5, 0.6) is 0 Å². The Hall–Kier alpha value is -0.353. The summed E-state index contributed by atoms with van der Waals surface area (Å²) in [5, 5.41) is 9.29. The molecule has 0 aliphatic heterocycles. The Morgan fingerprint density at radius 2 is 1.81 bits per heavy atom. The molecular formula is C12H26O3Si. The first kappa shape index (κ1) is 15.6. The molecule has 0 bridgehead atoms. The Morgan fingerprint density at radius 1 is 1.31 bits per heavy atom. The van der Waals surface area contributed by atoms with Crippen molar-refractivity contribution >= 4 is 14.0 Å². The fourth-order valence-corrected chi connectivity index (χ4v) is 3.04. The van der Waals surface area contributed by atoms with Gasteiger partial charge in [0.05, 0.1) is 0 Å². The zero-order valence-corrected chi connectivity index (χ0v) is 12.5. The molecule has 0 heterocycles. The van der Waals surface area contributed by atoms with Crippen LogP contribution < -0.4 is 0 Å². The van der Waals surface area contributed by atoms with Crippen LogP contribution in [0.15, 0.2) is 0 Å². The number of hydrogen-bond donors (Lipinski definition) is 1. The van der Waals surface area contributed by atoms with Crippen molar-refractivity contribution in [2.24, 2.45) is 0 Å². The summed E-state index contributed by atoms with van der Waals surface area (Å²) in [7, 11) is -1.37. The van der Waals surface area contributed by atoms with Gasteiger partial charge in [0.15, 0.2) is 0 Å². The number of aliphatic hydroxyl groups is 1. The fraction of sp³-hybridized carbons (Fsp3) is 0.917. The first-order valence-corrected chi connectivity index (χ1v) is 9.46. The van der Waals surface area contributed by atoms with Crippen molar-refractivity contribution in [1.29, 1.82) is 0 Å². The molecule has 1 N–H and O–H groups in total. The third kappa shape index (κ3) is 7.01. The van der Waals surface area contributed by atoms with E-state index in [0.29, 0.717) is 6.42 Å². The first-order valence-electron chi connectivity index (χ1n) is 5.89. The van der Waals surface area contributed by atoms with Crippen LogP contribution in [0.3, 0.4) is 0 Å². The molecule has 1 unspecified atom stereocenters. The van der Waals surface area contributed by atoms with Crippen molar-refractivity contribution in [1.82, 2.24) is 0 Å². The first-order chi connectivity index (χ1) is 7.06. The topological polar surface area (TPSA) is 46.5 Å². The summed E-state index contributed by atoms with van der Waals surface area (Å²) in [4.78, 5) is 11.5. The predicted octanol–water partition coefficient (Wildman–Crippen LogP) is 2.81. The number of ether oxygens (including phenoxy) is 1. The molecule has 0 aliphatic carbocycles. The largest absolute Gasteiger partial charge is 0.460 e. The molecule has 0 rings (SSSR count). The monoisotopic (exact) mass is 246 g/mol. The second-order valence-corrected chi connectivity index (χ2v) is 11.9. The highest BCUT2D eigenvalue weighted by molar-refractivity contribution is 6.77. The van der Waals surface area contributed by atoms with E-state index in [0.717, 1.165) is 6.42 Å². The number of hydrogen-bond acceptors (Lipinski definition) is 3. The van der Waals surface area contributed by atoms with Crippen molar-refractivity contribution in [3.8, 4) is 0 Å². The standard InChI is InChI=1S/C12H26O3Si/c1-12(2,3)15-11(14)8-7-10(9-13)16(4,5)6/h10,13H,7-9H2,1-6H3. The maximum Gasteiger partial charge on any atom is 0.306 e. The van der Waals surface area contributed by atoms with Crippen LogP contribution in [0.4, 0.5) is 0 Å². The molecule has 4 heteroatoms. The molecule has 3 nitrogen and oxygen atoms in total. The molecule has 16 heavy (non-hydrogen) atoms. The summed E-state index contributed by atoms with van der Waals surface area (Å²) in [6, 6.07) is 0. The van der Waals surface area contributed by atoms with Gasteiger partial charge in [-0.25, -0.2) is 0 Å². The van der Waals surface area contributed by atoms with Crippen LogP contribution in [0.25, 0.3) is 0 Å². The van der Waals surface area contributed by atoms with E-state index in [2.05, 4.69) is 19.6 Å². The molecule has 0 fully saturated rings. The zero-order chi connectivity index (χ0) is 13.0. The van der Waals surface area contributed by atoms with Gasteiger partial charge in [-0.3, -0.25) is 4.79 Å². The number of rotatable bonds is 5. The average Bonchev–Trinajstić information content (AvgIpc) is 1.98. The third-order valence-electron chi connectivity index (χ3n) is 2.56. The Labute approximate surface area is 100 Å². The van der Waals surface area contributed by atoms with Crippen molar-refractivity contribution in [2.75, 3.05) is 6.61 Å². The minimum atomic E-state index is -1.37. The lowest BCUT2D eigenvalue weighted by Gasteiger charge is -2.27. The fourth-order valence-electron chi connectivity index (χ4n) is 1.48. The molecule has 0 spiro atoms. The molecule has 96 valence electrons. The summed E-state index contributed by atoms with van der Waals surface area (Å²) in [6.07, 6.45) is 1.15. The molecule has 0 radical (unpaired) electrons. The van der Waals surface area contributed by atoms with Gasteiger partial charge in [0, 0.05) is 21.1 Å². The van der Waals surface area contributed by atoms with Gasteiger partial charge in [-0.15, -0.1) is 0 Å². The van der Waals surface area contributed by atoms with Crippen LogP contribution in [0.2, 0.25) is 25.2 Å². The van der Waals surface area contributed by atoms with Crippen molar-refractivity contribution in [3.63, 3.8) is 0 Å². The van der Waals surface area contributed by atoms with E-state index in [-0.39, 0.29) is 18.1 Å². The van der Waals surface area contributed by atoms with Crippen LogP contribution in [-0.4, -0.2) is 31.4 Å². The van der Waals surface area contributed by atoms with Crippen LogP contribution in [0, 0.1) is 0 Å². The molecule has 0 aromatic rings. The van der Waals surface area contributed by atoms with Crippen molar-refractivity contribution < 1.29 is 14.6 Å². The van der Waals surface area contributed by atoms with Gasteiger partial charge in [0.1, 0.15) is 5.60 Å². The van der Waals surface area contributed by atoms with E-state index in [1.54, 1.807) is 0 Å². The maximum atomic E-state index is 11.5. The summed E-state index contributed by atoms with van der Waals surface area (Å²) in [5.41, 5.74) is -0.134. The number of carbonyl (C=O) groups is 1. The number of carbonyl (C=O) groups excluding carboxylic acids is 1. The lowest BCUT2D eigenvalue weighted by atomic mass is 10.2. The van der Waals surface area contributed by atoms with Gasteiger partial charge in [-0.05, 0) is 32.7 Å². The van der Waals surface area contributed by atoms with Crippen molar-refractivity contribution in [2.45, 2.75) is 64.4 Å². The highest BCUT2D eigenvalue weighted by Crippen LogP contribution is 2.26. The molecule has 1 atom stereocenters. The van der Waals surface area contributed by atoms with Gasteiger partial charge >= 0.3 is 5.97 Å². The molecule has 0 aromatic carbocycles. The second kappa shape index (κ2) is 5.82. The van der Waals surface area contributed by atoms with E-state index >= 15 is 0 Å². The zero-order valence-electron chi connectivity index (χ0n) is 11.5. The van der Waals surface area contributed by atoms with Gasteiger partial charge in [0.2, 0.25) is 0 Å². The summed E-state index contributed by atoms with van der Waals surface area (Å²) in [6.45, 7) is 12.4. The van der Waals surface area contributed by atoms with Gasteiger partial charge in [0.25, 0.3) is 0 Å². The third-order valence-corrected chi connectivity index (χ3v) is 5.48. The Morgan fingerprint density at radius 3 is 2.12 bits per heavy atom. The number of esters is 1. The molecule has 0 amide bonds. The lowest BCUT2D eigenvalue weighted by Crippen LogP contribution is -2.31. The number of aliphatic hydroxyl groups excluding tert-OH is 1.